The van der Waals surface area contributed by atoms with Crippen LogP contribution in [0.2, 0.25) is 0 Å². The molecule has 1 spiro atoms. The second-order valence-corrected chi connectivity index (χ2v) is 8.94. The standard InChI is InChI=1S/C22H26N4O4/c1-14(27)26-12-16(13-26)21(29)25-6-3-22(4-7-25)9-17(22)10-24-20(28)18-8-15-2-5-23-11-19(15)30-18/h2,5,8,11,16-17H,3-4,6-7,9-10,12-13H2,1H3,(H,24,28). The van der Waals surface area contributed by atoms with Crippen molar-refractivity contribution in [3.05, 3.63) is 30.3 Å². The van der Waals surface area contributed by atoms with E-state index >= 15 is 0 Å². The van der Waals surface area contributed by atoms with Gasteiger partial charge < -0.3 is 19.5 Å². The summed E-state index contributed by atoms with van der Waals surface area (Å²) in [4.78, 5) is 44.1. The molecule has 2 saturated heterocycles. The smallest absolute Gasteiger partial charge is 0.287 e. The number of nitrogens with zero attached hydrogens (tertiary/aromatic N) is 3. The van der Waals surface area contributed by atoms with Crippen LogP contribution < -0.4 is 5.32 Å². The van der Waals surface area contributed by atoms with Gasteiger partial charge >= 0.3 is 0 Å². The summed E-state index contributed by atoms with van der Waals surface area (Å²) in [6, 6.07) is 3.56. The van der Waals surface area contributed by atoms with E-state index in [-0.39, 0.29) is 29.1 Å². The minimum absolute atomic E-state index is 0.0313. The van der Waals surface area contributed by atoms with Gasteiger partial charge in [-0.3, -0.25) is 19.4 Å². The number of rotatable bonds is 4. The van der Waals surface area contributed by atoms with Gasteiger partial charge in [-0.1, -0.05) is 0 Å². The quantitative estimate of drug-likeness (QED) is 0.827. The molecule has 0 radical (unpaired) electrons. The average Bonchev–Trinajstić information content (AvgIpc) is 3.17. The Morgan fingerprint density at radius 1 is 1.23 bits per heavy atom. The zero-order chi connectivity index (χ0) is 20.9. The molecule has 1 atom stereocenters. The van der Waals surface area contributed by atoms with Gasteiger partial charge in [0.25, 0.3) is 5.91 Å². The average molecular weight is 410 g/mol. The van der Waals surface area contributed by atoms with Crippen molar-refractivity contribution in [1.29, 1.82) is 0 Å². The van der Waals surface area contributed by atoms with Crippen LogP contribution in [0.3, 0.4) is 0 Å². The maximum absolute atomic E-state index is 12.6. The third-order valence-corrected chi connectivity index (χ3v) is 7.16. The summed E-state index contributed by atoms with van der Waals surface area (Å²) in [7, 11) is 0. The minimum atomic E-state index is -0.194. The summed E-state index contributed by atoms with van der Waals surface area (Å²) < 4.78 is 5.58. The molecule has 0 aromatic carbocycles. The van der Waals surface area contributed by atoms with Crippen LogP contribution in [0.25, 0.3) is 11.0 Å². The number of amides is 3. The minimum Gasteiger partial charge on any atom is -0.449 e. The van der Waals surface area contributed by atoms with E-state index < -0.39 is 0 Å². The number of likely N-dealkylation sites (tertiary alicyclic amines) is 2. The van der Waals surface area contributed by atoms with Gasteiger partial charge in [0.2, 0.25) is 11.8 Å². The fraction of sp³-hybridized carbons (Fsp3) is 0.545. The Balaban J connectivity index is 1.09. The highest BCUT2D eigenvalue weighted by Crippen LogP contribution is 2.59. The summed E-state index contributed by atoms with van der Waals surface area (Å²) in [5.41, 5.74) is 0.868. The Kier molecular flexibility index (Phi) is 4.52. The van der Waals surface area contributed by atoms with Gasteiger partial charge in [0.1, 0.15) is 0 Å². The molecule has 1 saturated carbocycles. The number of piperidine rings is 1. The fourth-order valence-electron chi connectivity index (χ4n) is 4.95. The molecule has 1 N–H and O–H groups in total. The fourth-order valence-corrected chi connectivity index (χ4v) is 4.95. The number of pyridine rings is 1. The van der Waals surface area contributed by atoms with Crippen LogP contribution in [-0.4, -0.2) is 65.2 Å². The van der Waals surface area contributed by atoms with Crippen molar-refractivity contribution in [3.63, 3.8) is 0 Å². The summed E-state index contributed by atoms with van der Waals surface area (Å²) in [6.45, 7) is 4.85. The van der Waals surface area contributed by atoms with Crippen molar-refractivity contribution in [1.82, 2.24) is 20.1 Å². The van der Waals surface area contributed by atoms with E-state index in [2.05, 4.69) is 10.3 Å². The van der Waals surface area contributed by atoms with E-state index in [9.17, 15) is 14.4 Å². The number of nitrogens with one attached hydrogen (secondary N) is 1. The van der Waals surface area contributed by atoms with Crippen molar-refractivity contribution >= 4 is 28.7 Å². The molecule has 8 nitrogen and oxygen atoms in total. The Morgan fingerprint density at radius 2 is 2.00 bits per heavy atom. The van der Waals surface area contributed by atoms with E-state index in [4.69, 9.17) is 4.42 Å². The first-order valence-corrected chi connectivity index (χ1v) is 10.6. The van der Waals surface area contributed by atoms with Gasteiger partial charge in [-0.2, -0.15) is 0 Å². The lowest BCUT2D eigenvalue weighted by molar-refractivity contribution is -0.148. The predicted octanol–water partition coefficient (Wildman–Crippen LogP) is 1.66. The number of aromatic nitrogens is 1. The van der Waals surface area contributed by atoms with E-state index in [1.54, 1.807) is 30.3 Å². The molecule has 158 valence electrons. The van der Waals surface area contributed by atoms with Crippen LogP contribution in [0.1, 0.15) is 36.7 Å². The number of hydrogen-bond acceptors (Lipinski definition) is 5. The SMILES string of the molecule is CC(=O)N1CC(C(=O)N2CCC3(CC2)CC3CNC(=O)c2cc3ccncc3o2)C1. The molecule has 5 rings (SSSR count). The van der Waals surface area contributed by atoms with Gasteiger partial charge in [0.05, 0.1) is 12.1 Å². The van der Waals surface area contributed by atoms with Crippen LogP contribution in [0.15, 0.2) is 28.9 Å². The molecule has 3 fully saturated rings. The summed E-state index contributed by atoms with van der Waals surface area (Å²) in [6.07, 6.45) is 6.35. The second kappa shape index (κ2) is 7.11. The zero-order valence-corrected chi connectivity index (χ0v) is 17.1. The van der Waals surface area contributed by atoms with Gasteiger partial charge in [-0.05, 0) is 42.7 Å². The van der Waals surface area contributed by atoms with Crippen LogP contribution in [0.5, 0.6) is 0 Å². The molecule has 2 aromatic rings. The molecule has 3 amide bonds. The molecule has 2 aliphatic heterocycles. The number of carbonyl (C=O) groups is 3. The van der Waals surface area contributed by atoms with Crippen molar-refractivity contribution in [2.45, 2.75) is 26.2 Å². The first-order valence-electron chi connectivity index (χ1n) is 10.6. The maximum atomic E-state index is 12.6. The van der Waals surface area contributed by atoms with Crippen LogP contribution in [0.4, 0.5) is 0 Å². The summed E-state index contributed by atoms with van der Waals surface area (Å²) in [5.74, 6) is 0.776. The molecular formula is C22H26N4O4. The van der Waals surface area contributed by atoms with Gasteiger partial charge in [0.15, 0.2) is 11.3 Å². The molecular weight excluding hydrogens is 384 g/mol. The largest absolute Gasteiger partial charge is 0.449 e. The summed E-state index contributed by atoms with van der Waals surface area (Å²) in [5, 5.41) is 3.88. The topological polar surface area (TPSA) is 95.8 Å². The van der Waals surface area contributed by atoms with Crippen molar-refractivity contribution < 1.29 is 18.8 Å². The van der Waals surface area contributed by atoms with E-state index in [0.717, 1.165) is 37.7 Å². The van der Waals surface area contributed by atoms with E-state index in [1.165, 1.54) is 0 Å². The Hall–Kier alpha value is -2.90. The highest BCUT2D eigenvalue weighted by molar-refractivity contribution is 5.95. The van der Waals surface area contributed by atoms with Crippen LogP contribution >= 0.6 is 0 Å². The molecule has 1 unspecified atom stereocenters. The number of hydrogen-bond donors (Lipinski definition) is 1. The predicted molar refractivity (Wildman–Crippen MR) is 108 cm³/mol. The molecule has 8 heteroatoms. The Morgan fingerprint density at radius 3 is 2.70 bits per heavy atom. The number of carbonyl (C=O) groups excluding carboxylic acids is 3. The first kappa shape index (κ1) is 19.1. The second-order valence-electron chi connectivity index (χ2n) is 8.94. The molecule has 2 aromatic heterocycles. The van der Waals surface area contributed by atoms with E-state index in [0.29, 0.717) is 36.9 Å². The third kappa shape index (κ3) is 3.34. The molecule has 0 bridgehead atoms. The number of fused-ring (bicyclic) bond motifs is 1. The molecule has 3 aliphatic rings. The van der Waals surface area contributed by atoms with Gasteiger partial charge in [-0.25, -0.2) is 0 Å². The lowest BCUT2D eigenvalue weighted by atomic mass is 9.89. The Labute approximate surface area is 174 Å². The maximum Gasteiger partial charge on any atom is 0.287 e. The lowest BCUT2D eigenvalue weighted by Gasteiger charge is -2.42. The monoisotopic (exact) mass is 410 g/mol. The highest BCUT2D eigenvalue weighted by Gasteiger charge is 2.55. The van der Waals surface area contributed by atoms with Crippen LogP contribution in [0, 0.1) is 17.3 Å². The van der Waals surface area contributed by atoms with Crippen molar-refractivity contribution in [2.75, 3.05) is 32.7 Å². The van der Waals surface area contributed by atoms with Crippen LogP contribution in [-0.2, 0) is 9.59 Å². The molecule has 30 heavy (non-hydrogen) atoms. The van der Waals surface area contributed by atoms with Crippen molar-refractivity contribution in [2.24, 2.45) is 17.3 Å². The Bertz CT molecular complexity index is 968. The third-order valence-electron chi connectivity index (χ3n) is 7.16. The van der Waals surface area contributed by atoms with Gasteiger partial charge in [-0.15, -0.1) is 0 Å². The van der Waals surface area contributed by atoms with E-state index in [1.807, 2.05) is 11.0 Å². The molecule has 4 heterocycles. The number of furan rings is 1. The highest BCUT2D eigenvalue weighted by atomic mass is 16.3. The van der Waals surface area contributed by atoms with Gasteiger partial charge in [0, 0.05) is 51.2 Å². The summed E-state index contributed by atoms with van der Waals surface area (Å²) >= 11 is 0. The lowest BCUT2D eigenvalue weighted by Crippen LogP contribution is -2.57. The van der Waals surface area contributed by atoms with Crippen molar-refractivity contribution in [3.8, 4) is 0 Å². The first-order chi connectivity index (χ1) is 14.4. The normalized spacial score (nSPS) is 22.8. The molecule has 1 aliphatic carbocycles. The zero-order valence-electron chi connectivity index (χ0n) is 17.1.